The molecule has 1 aliphatic rings. The Bertz CT molecular complexity index is 1390. The van der Waals surface area contributed by atoms with Crippen LogP contribution in [0.4, 0.5) is 0 Å². The summed E-state index contributed by atoms with van der Waals surface area (Å²) in [6.45, 7) is 2.20. The maximum atomic E-state index is 13.6. The number of benzene rings is 2. The van der Waals surface area contributed by atoms with Crippen LogP contribution < -0.4 is 0 Å². The Labute approximate surface area is 193 Å². The molecule has 0 bridgehead atoms. The molecular formula is C25H18ClNO4S. The standard InChI is InChI=1S/C25H18ClNO4S/c1-14-5-2-3-7-18(14)22-21(24(29)25(30)27(22)13-17-6-4-10-32-17)23(28)20-12-15-11-16(26)8-9-19(15)31-20/h2-12,22,29H,13H2,1H3. The summed E-state index contributed by atoms with van der Waals surface area (Å²) >= 11 is 7.57. The van der Waals surface area contributed by atoms with Crippen LogP contribution in [0, 0.1) is 6.92 Å². The third-order valence-corrected chi connectivity index (χ3v) is 6.74. The molecule has 1 amide bonds. The average Bonchev–Trinajstić information content (AvgIpc) is 3.49. The third-order valence-electron chi connectivity index (χ3n) is 5.64. The molecule has 1 N–H and O–H groups in total. The van der Waals surface area contributed by atoms with Gasteiger partial charge in [0.25, 0.3) is 5.91 Å². The second-order valence-corrected chi connectivity index (χ2v) is 9.12. The summed E-state index contributed by atoms with van der Waals surface area (Å²) in [5, 5.41) is 14.0. The molecule has 32 heavy (non-hydrogen) atoms. The topological polar surface area (TPSA) is 70.7 Å². The maximum absolute atomic E-state index is 13.6. The number of amides is 1. The molecule has 7 heteroatoms. The van der Waals surface area contributed by atoms with Crippen molar-refractivity contribution in [3.05, 3.63) is 104 Å². The van der Waals surface area contributed by atoms with E-state index in [-0.39, 0.29) is 17.9 Å². The Morgan fingerprint density at radius 3 is 2.72 bits per heavy atom. The summed E-state index contributed by atoms with van der Waals surface area (Å²) < 4.78 is 5.76. The smallest absolute Gasteiger partial charge is 0.290 e. The van der Waals surface area contributed by atoms with Crippen LogP contribution in [0.3, 0.4) is 0 Å². The van der Waals surface area contributed by atoms with Gasteiger partial charge in [-0.15, -0.1) is 11.3 Å². The molecule has 4 aromatic rings. The fraction of sp³-hybridized carbons (Fsp3) is 0.120. The third kappa shape index (κ3) is 3.42. The number of aliphatic hydroxyl groups is 1. The van der Waals surface area contributed by atoms with Gasteiger partial charge in [0.2, 0.25) is 5.78 Å². The first kappa shape index (κ1) is 20.5. The molecule has 1 atom stereocenters. The Kier molecular flexibility index (Phi) is 5.12. The van der Waals surface area contributed by atoms with Crippen LogP contribution in [0.1, 0.15) is 32.6 Å². The fourth-order valence-corrected chi connectivity index (χ4v) is 4.98. The lowest BCUT2D eigenvalue weighted by Crippen LogP contribution is -2.30. The highest BCUT2D eigenvalue weighted by Gasteiger charge is 2.45. The number of ketones is 1. The Morgan fingerprint density at radius 2 is 1.97 bits per heavy atom. The minimum atomic E-state index is -0.727. The Hall–Kier alpha value is -3.35. The molecule has 0 aliphatic carbocycles. The minimum Gasteiger partial charge on any atom is -0.503 e. The molecule has 3 heterocycles. The number of rotatable bonds is 5. The van der Waals surface area contributed by atoms with E-state index < -0.39 is 23.5 Å². The van der Waals surface area contributed by atoms with Crippen LogP contribution >= 0.6 is 22.9 Å². The van der Waals surface area contributed by atoms with Crippen LogP contribution in [0.15, 0.2) is 81.8 Å². The van der Waals surface area contributed by atoms with E-state index in [9.17, 15) is 14.7 Å². The highest BCUT2D eigenvalue weighted by atomic mass is 35.5. The molecule has 0 fully saturated rings. The van der Waals surface area contributed by atoms with Gasteiger partial charge in [-0.1, -0.05) is 41.9 Å². The first-order chi connectivity index (χ1) is 15.4. The van der Waals surface area contributed by atoms with Crippen molar-refractivity contribution < 1.29 is 19.1 Å². The molecule has 2 aromatic carbocycles. The van der Waals surface area contributed by atoms with E-state index in [1.807, 2.05) is 48.7 Å². The van der Waals surface area contributed by atoms with Gasteiger partial charge in [0, 0.05) is 15.3 Å². The minimum absolute atomic E-state index is 0.0195. The lowest BCUT2D eigenvalue weighted by Gasteiger charge is -2.27. The molecule has 2 aromatic heterocycles. The van der Waals surface area contributed by atoms with E-state index in [0.29, 0.717) is 16.0 Å². The number of fused-ring (bicyclic) bond motifs is 1. The molecule has 5 nitrogen and oxygen atoms in total. The van der Waals surface area contributed by atoms with Crippen molar-refractivity contribution in [1.82, 2.24) is 4.90 Å². The SMILES string of the molecule is Cc1ccccc1C1C(C(=O)c2cc3cc(Cl)ccc3o2)=C(O)C(=O)N1Cc1cccs1. The highest BCUT2D eigenvalue weighted by molar-refractivity contribution is 7.09. The van der Waals surface area contributed by atoms with E-state index in [4.69, 9.17) is 16.0 Å². The van der Waals surface area contributed by atoms with E-state index in [0.717, 1.165) is 16.0 Å². The van der Waals surface area contributed by atoms with Gasteiger partial charge < -0.3 is 14.4 Å². The molecule has 1 aliphatic heterocycles. The number of carbonyl (C=O) groups excluding carboxylic acids is 2. The van der Waals surface area contributed by atoms with Crippen LogP contribution in [-0.2, 0) is 11.3 Å². The van der Waals surface area contributed by atoms with Crippen molar-refractivity contribution >= 4 is 45.6 Å². The molecule has 0 spiro atoms. The first-order valence-corrected chi connectivity index (χ1v) is 11.3. The van der Waals surface area contributed by atoms with Crippen LogP contribution in [-0.4, -0.2) is 21.7 Å². The number of aryl methyl sites for hydroxylation is 1. The average molecular weight is 464 g/mol. The molecule has 1 unspecified atom stereocenters. The Balaban J connectivity index is 1.62. The normalized spacial score (nSPS) is 16.4. The predicted octanol–water partition coefficient (Wildman–Crippen LogP) is 6.23. The summed E-state index contributed by atoms with van der Waals surface area (Å²) in [5.74, 6) is -1.59. The second kappa shape index (κ2) is 7.97. The predicted molar refractivity (Wildman–Crippen MR) is 124 cm³/mol. The van der Waals surface area contributed by atoms with Gasteiger partial charge in [-0.3, -0.25) is 9.59 Å². The molecule has 0 saturated heterocycles. The van der Waals surface area contributed by atoms with Gasteiger partial charge in [-0.2, -0.15) is 0 Å². The zero-order chi connectivity index (χ0) is 22.4. The van der Waals surface area contributed by atoms with Crippen molar-refractivity contribution in [2.75, 3.05) is 0 Å². The van der Waals surface area contributed by atoms with E-state index in [1.54, 1.807) is 24.3 Å². The number of halogens is 1. The number of Topliss-reactive ketones (excluding diaryl/α,β-unsaturated/α-hetero) is 1. The lowest BCUT2D eigenvalue weighted by atomic mass is 9.92. The van der Waals surface area contributed by atoms with Crippen LogP contribution in [0.5, 0.6) is 0 Å². The van der Waals surface area contributed by atoms with Gasteiger partial charge in [-0.05, 0) is 53.8 Å². The van der Waals surface area contributed by atoms with E-state index >= 15 is 0 Å². The fourth-order valence-electron chi connectivity index (χ4n) is 4.09. The second-order valence-electron chi connectivity index (χ2n) is 7.66. The van der Waals surface area contributed by atoms with Crippen molar-refractivity contribution in [3.63, 3.8) is 0 Å². The largest absolute Gasteiger partial charge is 0.503 e. The lowest BCUT2D eigenvalue weighted by molar-refractivity contribution is -0.130. The van der Waals surface area contributed by atoms with Crippen molar-refractivity contribution in [2.24, 2.45) is 0 Å². The quantitative estimate of drug-likeness (QED) is 0.356. The molecule has 160 valence electrons. The van der Waals surface area contributed by atoms with Crippen LogP contribution in [0.25, 0.3) is 11.0 Å². The van der Waals surface area contributed by atoms with Gasteiger partial charge in [0.05, 0.1) is 18.2 Å². The Morgan fingerprint density at radius 1 is 1.16 bits per heavy atom. The number of carbonyl (C=O) groups is 2. The number of thiophene rings is 1. The monoisotopic (exact) mass is 463 g/mol. The molecule has 5 rings (SSSR count). The van der Waals surface area contributed by atoms with Gasteiger partial charge in [0.1, 0.15) is 5.58 Å². The number of hydrogen-bond acceptors (Lipinski definition) is 5. The molecular weight excluding hydrogens is 446 g/mol. The van der Waals surface area contributed by atoms with Gasteiger partial charge in [-0.25, -0.2) is 0 Å². The highest BCUT2D eigenvalue weighted by Crippen LogP contribution is 2.41. The van der Waals surface area contributed by atoms with Gasteiger partial charge in [0.15, 0.2) is 11.5 Å². The summed E-state index contributed by atoms with van der Waals surface area (Å²) in [6, 6.07) is 17.3. The number of nitrogens with zero attached hydrogens (tertiary/aromatic N) is 1. The number of furan rings is 1. The van der Waals surface area contributed by atoms with Crippen LogP contribution in [0.2, 0.25) is 5.02 Å². The summed E-state index contributed by atoms with van der Waals surface area (Å²) in [7, 11) is 0. The summed E-state index contributed by atoms with van der Waals surface area (Å²) in [6.07, 6.45) is 0. The van der Waals surface area contributed by atoms with Crippen molar-refractivity contribution in [3.8, 4) is 0 Å². The van der Waals surface area contributed by atoms with Crippen molar-refractivity contribution in [1.29, 1.82) is 0 Å². The maximum Gasteiger partial charge on any atom is 0.290 e. The zero-order valence-electron chi connectivity index (χ0n) is 17.0. The molecule has 0 radical (unpaired) electrons. The van der Waals surface area contributed by atoms with Crippen molar-refractivity contribution in [2.45, 2.75) is 19.5 Å². The van der Waals surface area contributed by atoms with E-state index in [1.165, 1.54) is 16.2 Å². The number of hydrogen-bond donors (Lipinski definition) is 1. The molecule has 0 saturated carbocycles. The summed E-state index contributed by atoms with van der Waals surface area (Å²) in [5.41, 5.74) is 2.22. The first-order valence-electron chi connectivity index (χ1n) is 10.00. The zero-order valence-corrected chi connectivity index (χ0v) is 18.6. The van der Waals surface area contributed by atoms with Gasteiger partial charge >= 0.3 is 0 Å². The summed E-state index contributed by atoms with van der Waals surface area (Å²) in [4.78, 5) is 29.2. The van der Waals surface area contributed by atoms with E-state index in [2.05, 4.69) is 0 Å². The number of aliphatic hydroxyl groups excluding tert-OH is 1.